The van der Waals surface area contributed by atoms with Crippen molar-refractivity contribution in [1.29, 1.82) is 0 Å². The van der Waals surface area contributed by atoms with Crippen LogP contribution in [0.4, 0.5) is 0 Å². The molecule has 1 aromatic rings. The molecule has 2 unspecified atom stereocenters. The molecule has 0 aromatic carbocycles. The molecule has 6 heteroatoms. The van der Waals surface area contributed by atoms with Gasteiger partial charge < -0.3 is 15.4 Å². The Hall–Kier alpha value is -1.14. The minimum absolute atomic E-state index is 0.332. The van der Waals surface area contributed by atoms with Crippen molar-refractivity contribution in [2.45, 2.75) is 71.4 Å². The van der Waals surface area contributed by atoms with Crippen molar-refractivity contribution >= 4 is 17.3 Å². The lowest BCUT2D eigenvalue weighted by Crippen LogP contribution is -2.65. The molecule has 2 saturated carbocycles. The monoisotopic (exact) mass is 364 g/mol. The highest BCUT2D eigenvalue weighted by molar-refractivity contribution is 7.11. The van der Waals surface area contributed by atoms with Gasteiger partial charge in [-0.3, -0.25) is 4.99 Å². The first-order valence-electron chi connectivity index (χ1n) is 9.75. The van der Waals surface area contributed by atoms with Crippen LogP contribution in [0.25, 0.3) is 0 Å². The highest BCUT2D eigenvalue weighted by Gasteiger charge is 2.56. The van der Waals surface area contributed by atoms with Gasteiger partial charge in [0.05, 0.1) is 11.1 Å². The number of ether oxygens (including phenoxy) is 1. The normalized spacial score (nSPS) is 25.2. The van der Waals surface area contributed by atoms with E-state index in [1.54, 1.807) is 11.3 Å². The molecule has 1 aromatic heterocycles. The minimum atomic E-state index is 0.332. The van der Waals surface area contributed by atoms with Gasteiger partial charge in [0, 0.05) is 48.6 Å². The summed E-state index contributed by atoms with van der Waals surface area (Å²) in [6, 6.07) is 0.492. The molecule has 5 nitrogen and oxygen atoms in total. The summed E-state index contributed by atoms with van der Waals surface area (Å²) in [5, 5.41) is 8.29. The zero-order valence-electron chi connectivity index (χ0n) is 15.8. The maximum Gasteiger partial charge on any atom is 0.191 e. The van der Waals surface area contributed by atoms with Crippen LogP contribution in [0.3, 0.4) is 0 Å². The summed E-state index contributed by atoms with van der Waals surface area (Å²) < 4.78 is 6.02. The fourth-order valence-electron chi connectivity index (χ4n) is 4.35. The summed E-state index contributed by atoms with van der Waals surface area (Å²) in [7, 11) is 0. The fraction of sp³-hybridized carbons (Fsp3) is 0.789. The second-order valence-electron chi connectivity index (χ2n) is 7.19. The van der Waals surface area contributed by atoms with Crippen LogP contribution in [-0.4, -0.2) is 42.8 Å². The molecule has 25 heavy (non-hydrogen) atoms. The predicted octanol–water partition coefficient (Wildman–Crippen LogP) is 3.29. The van der Waals surface area contributed by atoms with Gasteiger partial charge in [-0.25, -0.2) is 4.98 Å². The van der Waals surface area contributed by atoms with E-state index in [-0.39, 0.29) is 0 Å². The van der Waals surface area contributed by atoms with Crippen LogP contribution in [-0.2, 0) is 11.2 Å². The van der Waals surface area contributed by atoms with Crippen molar-refractivity contribution in [3.63, 3.8) is 0 Å². The molecule has 2 aliphatic carbocycles. The summed E-state index contributed by atoms with van der Waals surface area (Å²) in [6.45, 7) is 8.81. The molecule has 1 spiro atoms. The molecule has 0 amide bonds. The van der Waals surface area contributed by atoms with E-state index in [0.29, 0.717) is 17.6 Å². The van der Waals surface area contributed by atoms with Crippen LogP contribution < -0.4 is 10.6 Å². The third-order valence-electron chi connectivity index (χ3n) is 5.61. The number of hydrogen-bond acceptors (Lipinski definition) is 4. The SMILES string of the molecule is CCNC(=NCCc1ncc(C)s1)NC1CC(OCC)C12CCCC2. The van der Waals surface area contributed by atoms with Crippen LogP contribution in [0.15, 0.2) is 11.2 Å². The molecule has 2 N–H and O–H groups in total. The smallest absolute Gasteiger partial charge is 0.191 e. The zero-order chi connectivity index (χ0) is 17.7. The number of aromatic nitrogens is 1. The number of aliphatic imine (C=N–C) groups is 1. The first kappa shape index (κ1) is 18.6. The van der Waals surface area contributed by atoms with Crippen LogP contribution in [0.5, 0.6) is 0 Å². The summed E-state index contributed by atoms with van der Waals surface area (Å²) in [5.41, 5.74) is 0.332. The molecule has 3 rings (SSSR count). The first-order chi connectivity index (χ1) is 12.2. The van der Waals surface area contributed by atoms with Gasteiger partial charge in [0.25, 0.3) is 0 Å². The maximum absolute atomic E-state index is 6.02. The standard InChI is InChI=1S/C19H32N4OS/c1-4-20-18(21-11-8-17-22-13-14(3)25-17)23-15-12-16(24-5-2)19(15)9-6-7-10-19/h13,15-16H,4-12H2,1-3H3,(H2,20,21,23). The Morgan fingerprint density at radius 2 is 2.20 bits per heavy atom. The predicted molar refractivity (Wildman–Crippen MR) is 104 cm³/mol. The topological polar surface area (TPSA) is 58.5 Å². The Kier molecular flexibility index (Phi) is 6.34. The average molecular weight is 365 g/mol. The van der Waals surface area contributed by atoms with Gasteiger partial charge in [0.15, 0.2) is 5.96 Å². The Balaban J connectivity index is 1.58. The Morgan fingerprint density at radius 3 is 2.84 bits per heavy atom. The largest absolute Gasteiger partial charge is 0.378 e. The van der Waals surface area contributed by atoms with Crippen molar-refractivity contribution < 1.29 is 4.74 Å². The summed E-state index contributed by atoms with van der Waals surface area (Å²) in [6.07, 6.45) is 9.62. The Labute approximate surface area is 155 Å². The Morgan fingerprint density at radius 1 is 1.40 bits per heavy atom. The van der Waals surface area contributed by atoms with Crippen molar-refractivity contribution in [3.05, 3.63) is 16.1 Å². The lowest BCUT2D eigenvalue weighted by Gasteiger charge is -2.54. The number of aryl methyl sites for hydroxylation is 1. The van der Waals surface area contributed by atoms with Crippen molar-refractivity contribution in [2.24, 2.45) is 10.4 Å². The summed E-state index contributed by atoms with van der Waals surface area (Å²) in [4.78, 5) is 10.5. The fourth-order valence-corrected chi connectivity index (χ4v) is 5.13. The molecule has 0 aliphatic heterocycles. The lowest BCUT2D eigenvalue weighted by atomic mass is 9.60. The van der Waals surface area contributed by atoms with E-state index >= 15 is 0 Å². The van der Waals surface area contributed by atoms with Gasteiger partial charge in [-0.15, -0.1) is 11.3 Å². The van der Waals surface area contributed by atoms with Gasteiger partial charge in [-0.2, -0.15) is 0 Å². The highest BCUT2D eigenvalue weighted by Crippen LogP contribution is 2.54. The first-order valence-corrected chi connectivity index (χ1v) is 10.6. The molecule has 0 bridgehead atoms. The molecule has 2 fully saturated rings. The second-order valence-corrected chi connectivity index (χ2v) is 8.51. The summed E-state index contributed by atoms with van der Waals surface area (Å²) >= 11 is 1.77. The molecule has 0 radical (unpaired) electrons. The van der Waals surface area contributed by atoms with Crippen LogP contribution >= 0.6 is 11.3 Å². The zero-order valence-corrected chi connectivity index (χ0v) is 16.6. The maximum atomic E-state index is 6.02. The quantitative estimate of drug-likeness (QED) is 0.576. The van der Waals surface area contributed by atoms with Crippen molar-refractivity contribution in [1.82, 2.24) is 15.6 Å². The number of guanidine groups is 1. The van der Waals surface area contributed by atoms with E-state index in [2.05, 4.69) is 36.4 Å². The molecule has 140 valence electrons. The van der Waals surface area contributed by atoms with Crippen LogP contribution in [0, 0.1) is 12.3 Å². The molecular weight excluding hydrogens is 332 g/mol. The van der Waals surface area contributed by atoms with Gasteiger partial charge in [-0.1, -0.05) is 12.8 Å². The van der Waals surface area contributed by atoms with Crippen LogP contribution in [0.2, 0.25) is 0 Å². The number of rotatable bonds is 7. The molecule has 0 saturated heterocycles. The molecule has 2 atom stereocenters. The number of hydrogen-bond donors (Lipinski definition) is 2. The second kappa shape index (κ2) is 8.49. The summed E-state index contributed by atoms with van der Waals surface area (Å²) in [5.74, 6) is 0.946. The molecule has 2 aliphatic rings. The number of thiazole rings is 1. The minimum Gasteiger partial charge on any atom is -0.378 e. The molecule has 1 heterocycles. The van der Waals surface area contributed by atoms with E-state index in [4.69, 9.17) is 9.73 Å². The van der Waals surface area contributed by atoms with E-state index in [9.17, 15) is 0 Å². The van der Waals surface area contributed by atoms with Crippen molar-refractivity contribution in [2.75, 3.05) is 19.7 Å². The van der Waals surface area contributed by atoms with E-state index in [1.165, 1.54) is 35.6 Å². The van der Waals surface area contributed by atoms with E-state index in [0.717, 1.165) is 38.5 Å². The van der Waals surface area contributed by atoms with Gasteiger partial charge in [0.1, 0.15) is 0 Å². The third-order valence-corrected chi connectivity index (χ3v) is 6.58. The van der Waals surface area contributed by atoms with Crippen LogP contribution in [0.1, 0.15) is 55.8 Å². The molecular formula is C19H32N4OS. The third kappa shape index (κ3) is 4.17. The van der Waals surface area contributed by atoms with E-state index in [1.807, 2.05) is 6.20 Å². The van der Waals surface area contributed by atoms with Gasteiger partial charge >= 0.3 is 0 Å². The van der Waals surface area contributed by atoms with Crippen molar-refractivity contribution in [3.8, 4) is 0 Å². The van der Waals surface area contributed by atoms with Gasteiger partial charge in [-0.05, 0) is 40.0 Å². The average Bonchev–Trinajstić information content (AvgIpc) is 3.25. The Bertz CT molecular complexity index is 580. The van der Waals surface area contributed by atoms with Gasteiger partial charge in [0.2, 0.25) is 0 Å². The number of nitrogens with one attached hydrogen (secondary N) is 2. The highest BCUT2D eigenvalue weighted by atomic mass is 32.1. The number of nitrogens with zero attached hydrogens (tertiary/aromatic N) is 2. The lowest BCUT2D eigenvalue weighted by molar-refractivity contribution is -0.125. The van der Waals surface area contributed by atoms with E-state index < -0.39 is 0 Å².